The highest BCUT2D eigenvalue weighted by Gasteiger charge is 2.22. The van der Waals surface area contributed by atoms with Gasteiger partial charge in [-0.1, -0.05) is 12.1 Å². The lowest BCUT2D eigenvalue weighted by atomic mass is 10.2. The molecule has 0 atom stereocenters. The summed E-state index contributed by atoms with van der Waals surface area (Å²) in [5, 5.41) is 9.24. The largest absolute Gasteiger partial charge is 0.419 e. The van der Waals surface area contributed by atoms with Gasteiger partial charge in [-0.15, -0.1) is 0 Å². The van der Waals surface area contributed by atoms with Gasteiger partial charge in [0.15, 0.2) is 0 Å². The van der Waals surface area contributed by atoms with Crippen LogP contribution in [0.15, 0.2) is 33.2 Å². The van der Waals surface area contributed by atoms with E-state index in [1.807, 2.05) is 29.2 Å². The molecule has 0 bridgehead atoms. The van der Waals surface area contributed by atoms with Crippen LogP contribution in [0.5, 0.6) is 0 Å². The predicted octanol–water partition coefficient (Wildman–Crippen LogP) is 2.81. The SMILES string of the molecule is N#Cc1nc(-c2ccccc2Br)oc1N1CCOCC1. The third-order valence-corrected chi connectivity index (χ3v) is 3.81. The summed E-state index contributed by atoms with van der Waals surface area (Å²) in [4.78, 5) is 6.29. The molecule has 1 aliphatic heterocycles. The molecule has 1 fully saturated rings. The molecule has 6 heteroatoms. The van der Waals surface area contributed by atoms with Gasteiger partial charge in [-0.2, -0.15) is 10.2 Å². The fraction of sp³-hybridized carbons (Fsp3) is 0.286. The quantitative estimate of drug-likeness (QED) is 0.845. The fourth-order valence-corrected chi connectivity index (χ4v) is 2.57. The smallest absolute Gasteiger partial charge is 0.235 e. The van der Waals surface area contributed by atoms with Crippen molar-refractivity contribution in [2.75, 3.05) is 31.2 Å². The Morgan fingerprint density at radius 2 is 2.00 bits per heavy atom. The van der Waals surface area contributed by atoms with Crippen molar-refractivity contribution < 1.29 is 9.15 Å². The van der Waals surface area contributed by atoms with Crippen molar-refractivity contribution in [3.63, 3.8) is 0 Å². The van der Waals surface area contributed by atoms with Gasteiger partial charge >= 0.3 is 0 Å². The number of oxazole rings is 1. The third-order valence-electron chi connectivity index (χ3n) is 3.12. The molecule has 2 aromatic rings. The molecule has 0 amide bonds. The van der Waals surface area contributed by atoms with E-state index in [2.05, 4.69) is 27.0 Å². The second-order valence-electron chi connectivity index (χ2n) is 4.36. The maximum Gasteiger partial charge on any atom is 0.235 e. The Morgan fingerprint density at radius 1 is 1.25 bits per heavy atom. The Morgan fingerprint density at radius 3 is 2.70 bits per heavy atom. The Hall–Kier alpha value is -1.84. The predicted molar refractivity (Wildman–Crippen MR) is 77.4 cm³/mol. The lowest BCUT2D eigenvalue weighted by Gasteiger charge is -2.25. The van der Waals surface area contributed by atoms with Gasteiger partial charge in [-0.25, -0.2) is 0 Å². The molecule has 5 nitrogen and oxygen atoms in total. The number of anilines is 1. The third kappa shape index (κ3) is 2.42. The normalized spacial score (nSPS) is 15.1. The summed E-state index contributed by atoms with van der Waals surface area (Å²) in [6.45, 7) is 2.68. The summed E-state index contributed by atoms with van der Waals surface area (Å²) in [5.74, 6) is 0.983. The second kappa shape index (κ2) is 5.65. The summed E-state index contributed by atoms with van der Waals surface area (Å²) >= 11 is 3.47. The van der Waals surface area contributed by atoms with Crippen LogP contribution in [0.4, 0.5) is 5.88 Å². The van der Waals surface area contributed by atoms with E-state index in [-0.39, 0.29) is 0 Å². The zero-order valence-corrected chi connectivity index (χ0v) is 12.3. The molecule has 2 heterocycles. The molecule has 1 aliphatic rings. The molecule has 1 aromatic heterocycles. The van der Waals surface area contributed by atoms with Gasteiger partial charge in [-0.05, 0) is 28.1 Å². The number of aromatic nitrogens is 1. The lowest BCUT2D eigenvalue weighted by molar-refractivity contribution is 0.121. The van der Waals surface area contributed by atoms with Crippen molar-refractivity contribution in [3.05, 3.63) is 34.4 Å². The molecule has 3 rings (SSSR count). The number of nitrogens with zero attached hydrogens (tertiary/aromatic N) is 3. The number of morpholine rings is 1. The molecule has 0 spiro atoms. The van der Waals surface area contributed by atoms with Crippen LogP contribution >= 0.6 is 15.9 Å². The number of halogens is 1. The second-order valence-corrected chi connectivity index (χ2v) is 5.22. The van der Waals surface area contributed by atoms with E-state index in [4.69, 9.17) is 9.15 Å². The van der Waals surface area contributed by atoms with Crippen LogP contribution < -0.4 is 4.90 Å². The van der Waals surface area contributed by atoms with Crippen LogP contribution in [0.25, 0.3) is 11.5 Å². The van der Waals surface area contributed by atoms with Crippen molar-refractivity contribution in [1.82, 2.24) is 4.98 Å². The highest BCUT2D eigenvalue weighted by molar-refractivity contribution is 9.10. The zero-order valence-electron chi connectivity index (χ0n) is 10.7. The van der Waals surface area contributed by atoms with Crippen LogP contribution in [0.2, 0.25) is 0 Å². The number of nitriles is 1. The van der Waals surface area contributed by atoms with Crippen LogP contribution in [0.3, 0.4) is 0 Å². The Bertz CT molecular complexity index is 657. The van der Waals surface area contributed by atoms with Gasteiger partial charge < -0.3 is 14.1 Å². The molecule has 1 aromatic carbocycles. The van der Waals surface area contributed by atoms with Crippen LogP contribution in [-0.4, -0.2) is 31.3 Å². The summed E-state index contributed by atoms with van der Waals surface area (Å²) < 4.78 is 12.0. The lowest BCUT2D eigenvalue weighted by Crippen LogP contribution is -2.36. The van der Waals surface area contributed by atoms with Gasteiger partial charge in [0, 0.05) is 17.6 Å². The van der Waals surface area contributed by atoms with Crippen molar-refractivity contribution >= 4 is 21.8 Å². The highest BCUT2D eigenvalue weighted by Crippen LogP contribution is 2.32. The highest BCUT2D eigenvalue weighted by atomic mass is 79.9. The van der Waals surface area contributed by atoms with Gasteiger partial charge in [0.05, 0.1) is 18.8 Å². The average Bonchev–Trinajstić information content (AvgIpc) is 2.92. The number of benzene rings is 1. The molecule has 1 saturated heterocycles. The van der Waals surface area contributed by atoms with Gasteiger partial charge in [0.2, 0.25) is 17.5 Å². The molecular formula is C14H12BrN3O2. The first-order chi connectivity index (χ1) is 9.79. The monoisotopic (exact) mass is 333 g/mol. The molecule has 0 aliphatic carbocycles. The molecule has 0 saturated carbocycles. The van der Waals surface area contributed by atoms with E-state index in [1.165, 1.54) is 0 Å². The Balaban J connectivity index is 2.01. The van der Waals surface area contributed by atoms with Crippen molar-refractivity contribution in [3.8, 4) is 17.5 Å². The number of hydrogen-bond acceptors (Lipinski definition) is 5. The van der Waals surface area contributed by atoms with E-state index in [9.17, 15) is 5.26 Å². The van der Waals surface area contributed by atoms with E-state index in [0.717, 1.165) is 10.0 Å². The van der Waals surface area contributed by atoms with Crippen molar-refractivity contribution in [2.45, 2.75) is 0 Å². The first-order valence-corrected chi connectivity index (χ1v) is 7.07. The van der Waals surface area contributed by atoms with Crippen LogP contribution in [-0.2, 0) is 4.74 Å². The average molecular weight is 334 g/mol. The summed E-state index contributed by atoms with van der Waals surface area (Å²) in [6.07, 6.45) is 0. The minimum atomic E-state index is 0.317. The van der Waals surface area contributed by atoms with E-state index in [1.54, 1.807) is 0 Å². The van der Waals surface area contributed by atoms with Gasteiger partial charge in [-0.3, -0.25) is 0 Å². The first kappa shape index (κ1) is 13.2. The van der Waals surface area contributed by atoms with Gasteiger partial charge in [0.1, 0.15) is 6.07 Å². The Kier molecular flexibility index (Phi) is 3.72. The number of rotatable bonds is 2. The summed E-state index contributed by atoms with van der Waals surface area (Å²) in [6, 6.07) is 9.75. The molecule has 20 heavy (non-hydrogen) atoms. The van der Waals surface area contributed by atoms with Gasteiger partial charge in [0.25, 0.3) is 0 Å². The molecular weight excluding hydrogens is 322 g/mol. The maximum atomic E-state index is 9.24. The number of ether oxygens (including phenoxy) is 1. The zero-order chi connectivity index (χ0) is 13.9. The van der Waals surface area contributed by atoms with E-state index < -0.39 is 0 Å². The van der Waals surface area contributed by atoms with E-state index in [0.29, 0.717) is 43.8 Å². The molecule has 0 radical (unpaired) electrons. The molecule has 0 unspecified atom stereocenters. The van der Waals surface area contributed by atoms with E-state index >= 15 is 0 Å². The van der Waals surface area contributed by atoms with Crippen LogP contribution in [0, 0.1) is 11.3 Å². The van der Waals surface area contributed by atoms with Crippen molar-refractivity contribution in [1.29, 1.82) is 5.26 Å². The molecule has 102 valence electrons. The number of hydrogen-bond donors (Lipinski definition) is 0. The minimum absolute atomic E-state index is 0.317. The van der Waals surface area contributed by atoms with Crippen molar-refractivity contribution in [2.24, 2.45) is 0 Å². The summed E-state index contributed by atoms with van der Waals surface area (Å²) in [5.41, 5.74) is 1.15. The first-order valence-electron chi connectivity index (χ1n) is 6.28. The fourth-order valence-electron chi connectivity index (χ4n) is 2.12. The molecule has 0 N–H and O–H groups in total. The topological polar surface area (TPSA) is 62.3 Å². The summed E-state index contributed by atoms with van der Waals surface area (Å²) in [7, 11) is 0. The minimum Gasteiger partial charge on any atom is -0.419 e. The standard InChI is InChI=1S/C14H12BrN3O2/c15-11-4-2-1-3-10(11)13-17-12(9-16)14(20-13)18-5-7-19-8-6-18/h1-4H,5-8H2. The van der Waals surface area contributed by atoms with Crippen LogP contribution in [0.1, 0.15) is 5.69 Å². The maximum absolute atomic E-state index is 9.24. The Labute approximate surface area is 124 Å².